The number of nitro benzene ring substituents is 1. The van der Waals surface area contributed by atoms with Crippen molar-refractivity contribution in [2.75, 3.05) is 33.9 Å². The van der Waals surface area contributed by atoms with Crippen LogP contribution in [0.1, 0.15) is 55.2 Å². The summed E-state index contributed by atoms with van der Waals surface area (Å²) in [5.41, 5.74) is 4.35. The number of esters is 2. The van der Waals surface area contributed by atoms with Crippen molar-refractivity contribution < 1.29 is 41.3 Å². The smallest absolute Gasteiger partial charge is 0.336 e. The van der Waals surface area contributed by atoms with Gasteiger partial charge in [-0.25, -0.2) is 9.59 Å². The Morgan fingerprint density at radius 2 is 1.47 bits per heavy atom. The van der Waals surface area contributed by atoms with Crippen LogP contribution in [0.4, 0.5) is 5.69 Å². The molecule has 0 radical (unpaired) electrons. The fourth-order valence-electron chi connectivity index (χ4n) is 5.83. The summed E-state index contributed by atoms with van der Waals surface area (Å²) in [6, 6.07) is 27.0. The first-order chi connectivity index (χ1) is 21.2. The Balaban J connectivity index is 0.00000552. The van der Waals surface area contributed by atoms with Gasteiger partial charge in [0.1, 0.15) is 0 Å². The highest BCUT2D eigenvalue weighted by atomic mass is 35.5. The number of benzene rings is 3. The lowest BCUT2D eigenvalue weighted by molar-refractivity contribution is -0.880. The topological polar surface area (TPSA) is 112 Å². The first kappa shape index (κ1) is 35.0. The first-order valence-electron chi connectivity index (χ1n) is 14.8. The molecule has 238 valence electrons. The van der Waals surface area contributed by atoms with E-state index in [4.69, 9.17) is 9.47 Å². The molecular weight excluding hydrogens is 594 g/mol. The van der Waals surface area contributed by atoms with Crippen LogP contribution < -0.4 is 22.6 Å². The molecular formula is C35H40ClN3O6. The molecule has 1 heterocycles. The van der Waals surface area contributed by atoms with Gasteiger partial charge in [-0.3, -0.25) is 10.1 Å². The molecule has 0 amide bonds. The van der Waals surface area contributed by atoms with E-state index in [9.17, 15) is 19.7 Å². The van der Waals surface area contributed by atoms with E-state index in [0.29, 0.717) is 29.3 Å². The van der Waals surface area contributed by atoms with E-state index in [-0.39, 0.29) is 35.8 Å². The van der Waals surface area contributed by atoms with Gasteiger partial charge in [0.05, 0.1) is 55.8 Å². The average Bonchev–Trinajstić information content (AvgIpc) is 3.03. The van der Waals surface area contributed by atoms with Crippen LogP contribution in [0.3, 0.4) is 0 Å². The minimum absolute atomic E-state index is 0. The minimum atomic E-state index is -0.877. The predicted octanol–water partition coefficient (Wildman–Crippen LogP) is 1.68. The van der Waals surface area contributed by atoms with E-state index in [2.05, 4.69) is 60.9 Å². The van der Waals surface area contributed by atoms with Crippen LogP contribution in [0.25, 0.3) is 0 Å². The quantitative estimate of drug-likeness (QED) is 0.128. The molecule has 2 atom stereocenters. The van der Waals surface area contributed by atoms with E-state index in [1.807, 2.05) is 12.1 Å². The largest absolute Gasteiger partial charge is 1.00 e. The Morgan fingerprint density at radius 3 is 2.02 bits per heavy atom. The maximum Gasteiger partial charge on any atom is 0.336 e. The Hall–Kier alpha value is -4.47. The summed E-state index contributed by atoms with van der Waals surface area (Å²) in [6.07, 6.45) is 1.63. The van der Waals surface area contributed by atoms with Crippen molar-refractivity contribution in [3.8, 4) is 0 Å². The van der Waals surface area contributed by atoms with Gasteiger partial charge in [-0.15, -0.1) is 0 Å². The number of hydrogen-bond acceptors (Lipinski definition) is 7. The number of nitro groups is 1. The monoisotopic (exact) mass is 633 g/mol. The molecule has 9 nitrogen and oxygen atoms in total. The molecule has 0 spiro atoms. The maximum absolute atomic E-state index is 13.5. The number of halogens is 1. The van der Waals surface area contributed by atoms with Crippen molar-refractivity contribution in [2.45, 2.75) is 38.5 Å². The number of hydrogen-bond donors (Lipinski definition) is 2. The summed E-state index contributed by atoms with van der Waals surface area (Å²) in [6.45, 7) is 5.39. The van der Waals surface area contributed by atoms with Crippen LogP contribution in [-0.2, 0) is 19.1 Å². The van der Waals surface area contributed by atoms with Gasteiger partial charge >= 0.3 is 11.9 Å². The zero-order valence-electron chi connectivity index (χ0n) is 26.0. The van der Waals surface area contributed by atoms with E-state index in [1.165, 1.54) is 41.3 Å². The minimum Gasteiger partial charge on any atom is -1.00 e. The van der Waals surface area contributed by atoms with Gasteiger partial charge in [0.2, 0.25) is 0 Å². The van der Waals surface area contributed by atoms with Gasteiger partial charge in [0, 0.05) is 42.3 Å². The van der Waals surface area contributed by atoms with Crippen LogP contribution in [0.2, 0.25) is 0 Å². The standard InChI is InChI=1S/C35H39N3O6.ClH/c1-24-31(34(39)43-4)33(28-17-11-18-29(23-28)38(41)42)32(25(2)36-24)35(40)44-22-12-20-37(3)21-19-30(26-13-7-5-8-14-26)27-15-9-6-10-16-27;/h5-11,13-18,23,30,33,36H,12,19-22H2,1-4H3;1H. The highest BCUT2D eigenvalue weighted by Crippen LogP contribution is 2.40. The zero-order valence-corrected chi connectivity index (χ0v) is 26.8. The Bertz CT molecular complexity index is 1500. The van der Waals surface area contributed by atoms with Gasteiger partial charge in [-0.2, -0.15) is 0 Å². The van der Waals surface area contributed by atoms with Crippen molar-refractivity contribution in [1.29, 1.82) is 0 Å². The molecule has 0 aromatic heterocycles. The number of carbonyl (C=O) groups excluding carboxylic acids is 2. The Labute approximate surface area is 270 Å². The van der Waals surface area contributed by atoms with Crippen LogP contribution >= 0.6 is 0 Å². The fourth-order valence-corrected chi connectivity index (χ4v) is 5.83. The molecule has 0 saturated carbocycles. The molecule has 3 aromatic rings. The van der Waals surface area contributed by atoms with Crippen molar-refractivity contribution in [3.05, 3.63) is 134 Å². The highest BCUT2D eigenvalue weighted by molar-refractivity contribution is 5.99. The molecule has 10 heteroatoms. The molecule has 2 unspecified atom stereocenters. The number of carbonyl (C=O) groups is 2. The number of nitrogens with zero attached hydrogens (tertiary/aromatic N) is 1. The second-order valence-corrected chi connectivity index (χ2v) is 11.1. The summed E-state index contributed by atoms with van der Waals surface area (Å²) >= 11 is 0. The molecule has 45 heavy (non-hydrogen) atoms. The SMILES string of the molecule is COC(=O)C1=C(C)NC(C)=C(C(=O)OCCC[NH+](C)CCC(c2ccccc2)c2ccccc2)C1c1cccc([N+](=O)[O-])c1.[Cl-]. The Kier molecular flexibility index (Phi) is 12.9. The predicted molar refractivity (Wildman–Crippen MR) is 168 cm³/mol. The lowest BCUT2D eigenvalue weighted by Crippen LogP contribution is -3.09. The van der Waals surface area contributed by atoms with Gasteiger partial charge in [0.25, 0.3) is 5.69 Å². The number of non-ortho nitro benzene ring substituents is 1. The molecule has 0 saturated heterocycles. The van der Waals surface area contributed by atoms with Crippen LogP contribution in [0, 0.1) is 10.1 Å². The summed E-state index contributed by atoms with van der Waals surface area (Å²) in [4.78, 5) is 38.7. The molecule has 1 aliphatic rings. The highest BCUT2D eigenvalue weighted by Gasteiger charge is 2.38. The van der Waals surface area contributed by atoms with Crippen molar-refractivity contribution in [2.24, 2.45) is 0 Å². The van der Waals surface area contributed by atoms with Crippen molar-refractivity contribution in [1.82, 2.24) is 5.32 Å². The van der Waals surface area contributed by atoms with Crippen molar-refractivity contribution >= 4 is 17.6 Å². The van der Waals surface area contributed by atoms with Crippen LogP contribution in [-0.4, -0.2) is 50.7 Å². The number of ether oxygens (including phenoxy) is 2. The molecule has 0 bridgehead atoms. The Morgan fingerprint density at radius 1 is 0.889 bits per heavy atom. The summed E-state index contributed by atoms with van der Waals surface area (Å²) in [5, 5.41) is 14.6. The summed E-state index contributed by atoms with van der Waals surface area (Å²) in [5.74, 6) is -1.78. The average molecular weight is 634 g/mol. The third-order valence-electron chi connectivity index (χ3n) is 8.04. The number of quaternary nitrogens is 1. The third kappa shape index (κ3) is 8.80. The number of dihydropyridines is 1. The molecule has 0 fully saturated rings. The molecule has 4 rings (SSSR count). The van der Waals surface area contributed by atoms with Crippen LogP contribution in [0.5, 0.6) is 0 Å². The summed E-state index contributed by atoms with van der Waals surface area (Å²) in [7, 11) is 3.40. The van der Waals surface area contributed by atoms with Crippen molar-refractivity contribution in [3.63, 3.8) is 0 Å². The van der Waals surface area contributed by atoms with Crippen LogP contribution in [0.15, 0.2) is 107 Å². The number of rotatable bonds is 13. The molecule has 1 aliphatic heterocycles. The molecule has 0 aliphatic carbocycles. The van der Waals surface area contributed by atoms with Gasteiger partial charge in [-0.1, -0.05) is 72.8 Å². The zero-order chi connectivity index (χ0) is 31.6. The normalized spacial score (nSPS) is 15.2. The second-order valence-electron chi connectivity index (χ2n) is 11.1. The van der Waals surface area contributed by atoms with E-state index in [1.54, 1.807) is 19.9 Å². The third-order valence-corrected chi connectivity index (χ3v) is 8.04. The number of methoxy groups -OCH3 is 1. The first-order valence-corrected chi connectivity index (χ1v) is 14.8. The maximum atomic E-state index is 13.5. The van der Waals surface area contributed by atoms with E-state index in [0.717, 1.165) is 19.5 Å². The molecule has 2 N–H and O–H groups in total. The second kappa shape index (κ2) is 16.6. The van der Waals surface area contributed by atoms with E-state index < -0.39 is 22.8 Å². The fraction of sp³-hybridized carbons (Fsp3) is 0.314. The number of nitrogens with one attached hydrogen (secondary N) is 2. The number of allylic oxidation sites excluding steroid dienone is 2. The molecule has 3 aromatic carbocycles. The van der Waals surface area contributed by atoms with Gasteiger partial charge < -0.3 is 32.1 Å². The van der Waals surface area contributed by atoms with E-state index >= 15 is 0 Å². The lowest BCUT2D eigenvalue weighted by atomic mass is 9.80. The summed E-state index contributed by atoms with van der Waals surface area (Å²) < 4.78 is 10.8. The van der Waals surface area contributed by atoms with Gasteiger partial charge in [-0.05, 0) is 30.5 Å². The van der Waals surface area contributed by atoms with Gasteiger partial charge in [0.15, 0.2) is 0 Å². The lowest BCUT2D eigenvalue weighted by Gasteiger charge is -2.30.